The molecule has 1 N–H and O–H groups in total. The van der Waals surface area contributed by atoms with Crippen LogP contribution < -0.4 is 5.32 Å². The van der Waals surface area contributed by atoms with Gasteiger partial charge in [0.05, 0.1) is 0 Å². The molecule has 26 heavy (non-hydrogen) atoms. The van der Waals surface area contributed by atoms with Crippen LogP contribution in [0.2, 0.25) is 0 Å². The van der Waals surface area contributed by atoms with Crippen molar-refractivity contribution in [3.8, 4) is 0 Å². The Kier molecular flexibility index (Phi) is 6.33. The van der Waals surface area contributed by atoms with Gasteiger partial charge in [0, 0.05) is 56.8 Å². The van der Waals surface area contributed by atoms with Crippen LogP contribution in [0.4, 0.5) is 0 Å². The molecule has 144 valence electrons. The number of likely N-dealkylation sites (tertiary alicyclic amines) is 1. The van der Waals surface area contributed by atoms with E-state index in [0.29, 0.717) is 25.7 Å². The summed E-state index contributed by atoms with van der Waals surface area (Å²) in [6.45, 7) is 5.75. The van der Waals surface area contributed by atoms with E-state index < -0.39 is 0 Å². The van der Waals surface area contributed by atoms with Gasteiger partial charge in [-0.3, -0.25) is 9.59 Å². The zero-order valence-corrected chi connectivity index (χ0v) is 16.2. The number of carbonyl (C=O) groups is 2. The molecule has 0 unspecified atom stereocenters. The van der Waals surface area contributed by atoms with Crippen LogP contribution in [0.5, 0.6) is 0 Å². The highest BCUT2D eigenvalue weighted by Crippen LogP contribution is 2.30. The lowest BCUT2D eigenvalue weighted by Gasteiger charge is -2.30. The Hall–Kier alpha value is -1.85. The normalized spacial score (nSPS) is 19.5. The van der Waals surface area contributed by atoms with Gasteiger partial charge in [-0.2, -0.15) is 0 Å². The van der Waals surface area contributed by atoms with E-state index in [9.17, 15) is 9.59 Å². The number of aromatic nitrogens is 2. The molecule has 3 rings (SSSR count). The van der Waals surface area contributed by atoms with Crippen LogP contribution in [0.15, 0.2) is 6.20 Å². The van der Waals surface area contributed by atoms with E-state index in [2.05, 4.69) is 21.8 Å². The second-order valence-corrected chi connectivity index (χ2v) is 7.80. The highest BCUT2D eigenvalue weighted by atomic mass is 16.2. The van der Waals surface area contributed by atoms with Gasteiger partial charge < -0.3 is 14.8 Å². The number of aryl methyl sites for hydroxylation is 1. The number of imidazole rings is 1. The number of nitrogens with one attached hydrogen (secondary N) is 1. The van der Waals surface area contributed by atoms with E-state index >= 15 is 0 Å². The first-order chi connectivity index (χ1) is 12.6. The van der Waals surface area contributed by atoms with Crippen LogP contribution >= 0.6 is 0 Å². The molecule has 2 aliphatic rings. The first-order valence-electron chi connectivity index (χ1n) is 10.1. The van der Waals surface area contributed by atoms with Crippen LogP contribution in [0.1, 0.15) is 69.4 Å². The third-order valence-corrected chi connectivity index (χ3v) is 5.96. The summed E-state index contributed by atoms with van der Waals surface area (Å²) in [6.07, 6.45) is 10.7. The monoisotopic (exact) mass is 360 g/mol. The number of hydrogen-bond acceptors (Lipinski definition) is 3. The van der Waals surface area contributed by atoms with E-state index in [1.807, 2.05) is 11.1 Å². The molecule has 1 aromatic heterocycles. The average molecular weight is 361 g/mol. The Bertz CT molecular complexity index is 626. The predicted molar refractivity (Wildman–Crippen MR) is 101 cm³/mol. The molecule has 1 aromatic rings. The summed E-state index contributed by atoms with van der Waals surface area (Å²) in [7, 11) is 0. The van der Waals surface area contributed by atoms with Crippen molar-refractivity contribution in [1.82, 2.24) is 19.8 Å². The second kappa shape index (κ2) is 8.69. The fourth-order valence-corrected chi connectivity index (χ4v) is 4.42. The smallest absolute Gasteiger partial charge is 0.223 e. The maximum absolute atomic E-state index is 12.4. The first kappa shape index (κ1) is 18.9. The number of hydrogen-bond donors (Lipinski definition) is 1. The Morgan fingerprint density at radius 2 is 1.85 bits per heavy atom. The molecule has 2 amide bonds. The summed E-state index contributed by atoms with van der Waals surface area (Å²) < 4.78 is 2.40. The molecule has 1 saturated heterocycles. The fraction of sp³-hybridized carbons (Fsp3) is 0.750. The number of rotatable bonds is 5. The molecule has 0 spiro atoms. The lowest BCUT2D eigenvalue weighted by Crippen LogP contribution is -2.42. The van der Waals surface area contributed by atoms with Gasteiger partial charge >= 0.3 is 0 Å². The minimum atomic E-state index is 0.0328. The largest absolute Gasteiger partial charge is 0.355 e. The summed E-state index contributed by atoms with van der Waals surface area (Å²) in [5.74, 6) is 1.36. The second-order valence-electron chi connectivity index (χ2n) is 7.80. The van der Waals surface area contributed by atoms with E-state index in [1.54, 1.807) is 6.92 Å². The molecule has 0 aromatic carbocycles. The molecule has 6 nitrogen and oxygen atoms in total. The van der Waals surface area contributed by atoms with Gasteiger partial charge in [0.15, 0.2) is 0 Å². The van der Waals surface area contributed by atoms with Gasteiger partial charge in [-0.15, -0.1) is 0 Å². The number of amides is 2. The van der Waals surface area contributed by atoms with Gasteiger partial charge in [-0.25, -0.2) is 4.98 Å². The Morgan fingerprint density at radius 3 is 2.50 bits per heavy atom. The topological polar surface area (TPSA) is 67.2 Å². The van der Waals surface area contributed by atoms with Gasteiger partial charge in [0.25, 0.3) is 0 Å². The summed E-state index contributed by atoms with van der Waals surface area (Å²) >= 11 is 0. The Balaban J connectivity index is 1.48. The molecule has 2 fully saturated rings. The zero-order chi connectivity index (χ0) is 18.5. The molecule has 1 saturated carbocycles. The lowest BCUT2D eigenvalue weighted by molar-refractivity contribution is -0.133. The summed E-state index contributed by atoms with van der Waals surface area (Å²) in [6, 6.07) is 0.577. The van der Waals surface area contributed by atoms with Crippen LogP contribution in [0.3, 0.4) is 0 Å². The van der Waals surface area contributed by atoms with Crippen LogP contribution in [0.25, 0.3) is 0 Å². The standard InChI is InChI=1S/C20H32N4O2/c1-15-14-22-19(24(15)18-6-4-3-5-7-18)8-11-21-20(26)17-9-12-23(13-10-17)16(2)25/h14,17-18H,3-13H2,1-2H3,(H,21,26). The quantitative estimate of drug-likeness (QED) is 0.878. The molecule has 0 bridgehead atoms. The number of nitrogens with zero attached hydrogens (tertiary/aromatic N) is 3. The lowest BCUT2D eigenvalue weighted by atomic mass is 9.95. The van der Waals surface area contributed by atoms with E-state index in [4.69, 9.17) is 0 Å². The highest BCUT2D eigenvalue weighted by Gasteiger charge is 2.26. The van der Waals surface area contributed by atoms with Gasteiger partial charge in [-0.05, 0) is 32.6 Å². The summed E-state index contributed by atoms with van der Waals surface area (Å²) in [4.78, 5) is 30.2. The first-order valence-corrected chi connectivity index (χ1v) is 10.1. The van der Waals surface area contributed by atoms with Crippen LogP contribution in [-0.2, 0) is 16.0 Å². The van der Waals surface area contributed by atoms with Crippen LogP contribution in [0, 0.1) is 12.8 Å². The fourth-order valence-electron chi connectivity index (χ4n) is 4.42. The van der Waals surface area contributed by atoms with E-state index in [1.165, 1.54) is 37.8 Å². The summed E-state index contributed by atoms with van der Waals surface area (Å²) in [5, 5.41) is 3.09. The predicted octanol–water partition coefficient (Wildman–Crippen LogP) is 2.61. The van der Waals surface area contributed by atoms with Crippen molar-refractivity contribution in [1.29, 1.82) is 0 Å². The van der Waals surface area contributed by atoms with Crippen molar-refractivity contribution in [3.05, 3.63) is 17.7 Å². The van der Waals surface area contributed by atoms with Crippen molar-refractivity contribution < 1.29 is 9.59 Å². The van der Waals surface area contributed by atoms with Gasteiger partial charge in [0.1, 0.15) is 5.82 Å². The zero-order valence-electron chi connectivity index (χ0n) is 16.2. The maximum Gasteiger partial charge on any atom is 0.223 e. The van der Waals surface area contributed by atoms with Crippen LogP contribution in [-0.4, -0.2) is 45.9 Å². The SMILES string of the molecule is CC(=O)N1CCC(C(=O)NCCc2ncc(C)n2C2CCCCC2)CC1. The Labute approximate surface area is 156 Å². The van der Waals surface area contributed by atoms with Crippen molar-refractivity contribution in [2.24, 2.45) is 5.92 Å². The minimum Gasteiger partial charge on any atom is -0.355 e. The third kappa shape index (κ3) is 4.46. The molecule has 1 aliphatic carbocycles. The maximum atomic E-state index is 12.4. The van der Waals surface area contributed by atoms with Crippen molar-refractivity contribution >= 4 is 11.8 Å². The van der Waals surface area contributed by atoms with Gasteiger partial charge in [-0.1, -0.05) is 19.3 Å². The number of piperidine rings is 1. The number of carbonyl (C=O) groups excluding carboxylic acids is 2. The molecule has 1 aliphatic heterocycles. The van der Waals surface area contributed by atoms with Gasteiger partial charge in [0.2, 0.25) is 11.8 Å². The molecular weight excluding hydrogens is 328 g/mol. The van der Waals surface area contributed by atoms with Crippen molar-refractivity contribution in [2.75, 3.05) is 19.6 Å². The third-order valence-electron chi connectivity index (χ3n) is 5.96. The molecule has 0 radical (unpaired) electrons. The average Bonchev–Trinajstić information content (AvgIpc) is 3.03. The summed E-state index contributed by atoms with van der Waals surface area (Å²) in [5.41, 5.74) is 1.23. The molecule has 6 heteroatoms. The minimum absolute atomic E-state index is 0.0328. The molecule has 0 atom stereocenters. The molecular formula is C20H32N4O2. The van der Waals surface area contributed by atoms with Crippen molar-refractivity contribution in [3.63, 3.8) is 0 Å². The Morgan fingerprint density at radius 1 is 1.15 bits per heavy atom. The van der Waals surface area contributed by atoms with Crippen molar-refractivity contribution in [2.45, 2.75) is 71.3 Å². The highest BCUT2D eigenvalue weighted by molar-refractivity contribution is 5.79. The molecule has 2 heterocycles. The van der Waals surface area contributed by atoms with E-state index in [-0.39, 0.29) is 17.7 Å². The van der Waals surface area contributed by atoms with E-state index in [0.717, 1.165) is 25.1 Å².